The van der Waals surface area contributed by atoms with E-state index in [0.29, 0.717) is 18.7 Å². The number of hydrogen-bond donors (Lipinski definition) is 1. The Balaban J connectivity index is 1.79. The Morgan fingerprint density at radius 1 is 1.61 bits per heavy atom. The molecule has 2 aliphatic heterocycles. The molecular weight excluding hydrogens is 252 g/mol. The third-order valence-electron chi connectivity index (χ3n) is 3.31. The summed E-state index contributed by atoms with van der Waals surface area (Å²) in [7, 11) is 3.18. The van der Waals surface area contributed by atoms with Gasteiger partial charge in [-0.05, 0) is 6.42 Å². The number of methoxy groups -OCH3 is 2. The third-order valence-corrected chi connectivity index (χ3v) is 4.42. The minimum absolute atomic E-state index is 0.145. The topological polar surface area (TPSA) is 50.8 Å². The molecule has 18 heavy (non-hydrogen) atoms. The van der Waals surface area contributed by atoms with Crippen molar-refractivity contribution in [3.8, 4) is 0 Å². The van der Waals surface area contributed by atoms with Crippen molar-refractivity contribution in [2.45, 2.75) is 31.5 Å². The molecule has 6 heteroatoms. The number of carbonyl (C=O) groups is 1. The van der Waals surface area contributed by atoms with Crippen LogP contribution in [-0.4, -0.2) is 49.8 Å². The van der Waals surface area contributed by atoms with Gasteiger partial charge in [-0.15, -0.1) is 11.8 Å². The maximum atomic E-state index is 11.1. The van der Waals surface area contributed by atoms with Crippen LogP contribution in [0.3, 0.4) is 0 Å². The fourth-order valence-corrected chi connectivity index (χ4v) is 3.20. The second-order valence-corrected chi connectivity index (χ2v) is 5.55. The highest BCUT2D eigenvalue weighted by molar-refractivity contribution is 8.03. The van der Waals surface area contributed by atoms with Crippen LogP contribution in [0.25, 0.3) is 0 Å². The molecular formula is C12H20N2O3S. The summed E-state index contributed by atoms with van der Waals surface area (Å²) in [5.74, 6) is 0.804. The Labute approximate surface area is 112 Å². The first-order valence-electron chi connectivity index (χ1n) is 6.15. The molecule has 5 nitrogen and oxygen atoms in total. The van der Waals surface area contributed by atoms with Crippen LogP contribution < -0.4 is 5.32 Å². The van der Waals surface area contributed by atoms with Gasteiger partial charge < -0.3 is 14.4 Å². The molecule has 0 bridgehead atoms. The molecule has 102 valence electrons. The number of nitrogens with zero attached hydrogens (tertiary/aromatic N) is 1. The molecule has 0 aliphatic carbocycles. The van der Waals surface area contributed by atoms with Gasteiger partial charge in [0, 0.05) is 31.2 Å². The van der Waals surface area contributed by atoms with Crippen molar-refractivity contribution in [3.63, 3.8) is 0 Å². The molecule has 2 aliphatic rings. The van der Waals surface area contributed by atoms with E-state index in [9.17, 15) is 4.79 Å². The minimum atomic E-state index is -0.145. The highest BCUT2D eigenvalue weighted by Gasteiger charge is 2.29. The predicted molar refractivity (Wildman–Crippen MR) is 70.8 cm³/mol. The molecule has 1 saturated heterocycles. The minimum Gasteiger partial charge on any atom is -0.469 e. The standard InChI is InChI=1S/C12H20N2O3S/c1-16-9-5-11(13-6-9)14-7-10(18-8-14)3-4-12(15)17-2/h7,9,11,13H,3-6,8H2,1-2H3/t9-,11?/m0/s1. The molecule has 0 saturated carbocycles. The molecule has 0 amide bonds. The molecule has 1 fully saturated rings. The summed E-state index contributed by atoms with van der Waals surface area (Å²) in [6.45, 7) is 0.910. The first kappa shape index (κ1) is 13.7. The Kier molecular flexibility index (Phi) is 4.91. The van der Waals surface area contributed by atoms with E-state index in [0.717, 1.165) is 25.3 Å². The van der Waals surface area contributed by atoms with E-state index in [1.807, 2.05) is 0 Å². The third kappa shape index (κ3) is 3.40. The lowest BCUT2D eigenvalue weighted by Gasteiger charge is -2.22. The van der Waals surface area contributed by atoms with E-state index in [1.54, 1.807) is 18.9 Å². The molecule has 0 spiro atoms. The van der Waals surface area contributed by atoms with Crippen molar-refractivity contribution in [3.05, 3.63) is 11.1 Å². The van der Waals surface area contributed by atoms with Gasteiger partial charge in [-0.1, -0.05) is 0 Å². The Morgan fingerprint density at radius 2 is 2.44 bits per heavy atom. The lowest BCUT2D eigenvalue weighted by Crippen LogP contribution is -2.36. The summed E-state index contributed by atoms with van der Waals surface area (Å²) in [6, 6.07) is 0. The number of thioether (sulfide) groups is 1. The van der Waals surface area contributed by atoms with Gasteiger partial charge in [0.25, 0.3) is 0 Å². The van der Waals surface area contributed by atoms with Gasteiger partial charge in [0.05, 0.1) is 31.7 Å². The molecule has 0 radical (unpaired) electrons. The lowest BCUT2D eigenvalue weighted by atomic mass is 10.2. The highest BCUT2D eigenvalue weighted by atomic mass is 32.2. The first-order chi connectivity index (χ1) is 8.72. The van der Waals surface area contributed by atoms with Crippen LogP contribution in [0.2, 0.25) is 0 Å². The van der Waals surface area contributed by atoms with Gasteiger partial charge in [0.15, 0.2) is 0 Å². The van der Waals surface area contributed by atoms with Crippen molar-refractivity contribution in [2.24, 2.45) is 0 Å². The first-order valence-corrected chi connectivity index (χ1v) is 7.13. The van der Waals surface area contributed by atoms with E-state index in [1.165, 1.54) is 12.0 Å². The number of carbonyl (C=O) groups excluding carboxylic acids is 1. The second-order valence-electron chi connectivity index (χ2n) is 4.48. The lowest BCUT2D eigenvalue weighted by molar-refractivity contribution is -0.140. The van der Waals surface area contributed by atoms with Crippen molar-refractivity contribution in [1.29, 1.82) is 0 Å². The van der Waals surface area contributed by atoms with Gasteiger partial charge in [0.2, 0.25) is 0 Å². The van der Waals surface area contributed by atoms with Crippen LogP contribution in [0.1, 0.15) is 19.3 Å². The summed E-state index contributed by atoms with van der Waals surface area (Å²) >= 11 is 1.80. The molecule has 2 rings (SSSR count). The average molecular weight is 272 g/mol. The molecule has 0 aromatic heterocycles. The molecule has 2 heterocycles. The molecule has 0 aromatic carbocycles. The summed E-state index contributed by atoms with van der Waals surface area (Å²) in [5, 5.41) is 3.45. The summed E-state index contributed by atoms with van der Waals surface area (Å²) in [4.78, 5) is 14.6. The van der Waals surface area contributed by atoms with E-state index < -0.39 is 0 Å². The van der Waals surface area contributed by atoms with Crippen molar-refractivity contribution in [2.75, 3.05) is 26.6 Å². The maximum Gasteiger partial charge on any atom is 0.305 e. The predicted octanol–water partition coefficient (Wildman–Crippen LogP) is 1.12. The van der Waals surface area contributed by atoms with Crippen LogP contribution in [0.15, 0.2) is 11.1 Å². The van der Waals surface area contributed by atoms with E-state index in [-0.39, 0.29) is 5.97 Å². The monoisotopic (exact) mass is 272 g/mol. The quantitative estimate of drug-likeness (QED) is 0.757. The van der Waals surface area contributed by atoms with E-state index >= 15 is 0 Å². The zero-order chi connectivity index (χ0) is 13.0. The number of hydrogen-bond acceptors (Lipinski definition) is 6. The van der Waals surface area contributed by atoms with Gasteiger partial charge in [-0.3, -0.25) is 10.1 Å². The van der Waals surface area contributed by atoms with Crippen molar-refractivity contribution in [1.82, 2.24) is 10.2 Å². The average Bonchev–Trinajstić information content (AvgIpc) is 3.03. The number of ether oxygens (including phenoxy) is 2. The van der Waals surface area contributed by atoms with Gasteiger partial charge >= 0.3 is 5.97 Å². The molecule has 1 N–H and O–H groups in total. The summed E-state index contributed by atoms with van der Waals surface area (Å²) in [6.07, 6.45) is 5.07. The summed E-state index contributed by atoms with van der Waals surface area (Å²) in [5.41, 5.74) is 0. The van der Waals surface area contributed by atoms with Crippen LogP contribution in [0.4, 0.5) is 0 Å². The number of rotatable bonds is 5. The Hall–Kier alpha value is -0.720. The SMILES string of the molecule is COC(=O)CCC1=CN(C2C[C@H](OC)CN2)CS1. The van der Waals surface area contributed by atoms with Gasteiger partial charge in [-0.25, -0.2) is 0 Å². The highest BCUT2D eigenvalue weighted by Crippen LogP contribution is 2.31. The normalized spacial score (nSPS) is 27.4. The second kappa shape index (κ2) is 6.45. The molecule has 0 aromatic rings. The number of allylic oxidation sites excluding steroid dienone is 1. The zero-order valence-corrected chi connectivity index (χ0v) is 11.7. The fraction of sp³-hybridized carbons (Fsp3) is 0.750. The maximum absolute atomic E-state index is 11.1. The summed E-state index contributed by atoms with van der Waals surface area (Å²) < 4.78 is 9.99. The van der Waals surface area contributed by atoms with Crippen molar-refractivity contribution >= 4 is 17.7 Å². The van der Waals surface area contributed by atoms with Crippen LogP contribution >= 0.6 is 11.8 Å². The smallest absolute Gasteiger partial charge is 0.305 e. The Morgan fingerprint density at radius 3 is 3.11 bits per heavy atom. The van der Waals surface area contributed by atoms with Gasteiger partial charge in [-0.2, -0.15) is 0 Å². The van der Waals surface area contributed by atoms with Crippen LogP contribution in [-0.2, 0) is 14.3 Å². The molecule has 2 atom stereocenters. The van der Waals surface area contributed by atoms with Crippen LogP contribution in [0.5, 0.6) is 0 Å². The van der Waals surface area contributed by atoms with Crippen molar-refractivity contribution < 1.29 is 14.3 Å². The molecule has 1 unspecified atom stereocenters. The zero-order valence-electron chi connectivity index (χ0n) is 10.8. The fourth-order valence-electron chi connectivity index (χ4n) is 2.18. The number of nitrogens with one attached hydrogen (secondary N) is 1. The van der Waals surface area contributed by atoms with E-state index in [2.05, 4.69) is 21.2 Å². The largest absolute Gasteiger partial charge is 0.469 e. The van der Waals surface area contributed by atoms with E-state index in [4.69, 9.17) is 4.74 Å². The van der Waals surface area contributed by atoms with Crippen LogP contribution in [0, 0.1) is 0 Å². The van der Waals surface area contributed by atoms with Gasteiger partial charge in [0.1, 0.15) is 0 Å². The number of esters is 1. The Bertz CT molecular complexity index is 335.